The van der Waals surface area contributed by atoms with Crippen LogP contribution in [0.4, 0.5) is 0 Å². The van der Waals surface area contributed by atoms with Crippen LogP contribution in [0.25, 0.3) is 0 Å². The van der Waals surface area contributed by atoms with Crippen molar-refractivity contribution in [1.29, 1.82) is 0 Å². The van der Waals surface area contributed by atoms with Crippen LogP contribution in [-0.4, -0.2) is 24.9 Å². The van der Waals surface area contributed by atoms with Gasteiger partial charge >= 0.3 is 7.12 Å². The molecular weight excluding hydrogens is 203 g/mol. The maximum atomic E-state index is 5.94. The van der Waals surface area contributed by atoms with E-state index in [2.05, 4.69) is 40.7 Å². The number of rotatable bonds is 1. The molecule has 1 atom stereocenters. The van der Waals surface area contributed by atoms with Crippen LogP contribution in [-0.2, 0) is 14.0 Å². The first kappa shape index (κ1) is 12.0. The van der Waals surface area contributed by atoms with Crippen LogP contribution >= 0.6 is 0 Å². The van der Waals surface area contributed by atoms with Gasteiger partial charge in [-0.3, -0.25) is 0 Å². The zero-order valence-electron chi connectivity index (χ0n) is 10.9. The van der Waals surface area contributed by atoms with Crippen LogP contribution in [0.2, 0.25) is 0 Å². The van der Waals surface area contributed by atoms with E-state index in [1.54, 1.807) is 0 Å². The minimum Gasteiger partial charge on any atom is -0.502 e. The lowest BCUT2D eigenvalue weighted by Crippen LogP contribution is -2.41. The molecule has 0 aliphatic carbocycles. The number of hydrogen-bond donors (Lipinski definition) is 0. The summed E-state index contributed by atoms with van der Waals surface area (Å²) in [7, 11) is -0.340. The summed E-state index contributed by atoms with van der Waals surface area (Å²) in [6, 6.07) is 0. The van der Waals surface area contributed by atoms with Gasteiger partial charge in [-0.25, -0.2) is 0 Å². The van der Waals surface area contributed by atoms with Crippen molar-refractivity contribution < 1.29 is 14.0 Å². The zero-order valence-corrected chi connectivity index (χ0v) is 10.9. The van der Waals surface area contributed by atoms with Gasteiger partial charge in [-0.15, -0.1) is 0 Å². The fourth-order valence-electron chi connectivity index (χ4n) is 1.88. The summed E-state index contributed by atoms with van der Waals surface area (Å²) in [5.41, 5.74) is 0.267. The zero-order chi connectivity index (χ0) is 12.0. The van der Waals surface area contributed by atoms with Gasteiger partial charge < -0.3 is 14.0 Å². The SMILES string of the molecule is CC1C=C(B2OC(C)(C)C(C)(C)O2)OCC1. The number of hydrogen-bond acceptors (Lipinski definition) is 3. The van der Waals surface area contributed by atoms with Gasteiger partial charge in [-0.1, -0.05) is 6.92 Å². The van der Waals surface area contributed by atoms with E-state index in [9.17, 15) is 0 Å². The van der Waals surface area contributed by atoms with Crippen molar-refractivity contribution in [3.8, 4) is 0 Å². The summed E-state index contributed by atoms with van der Waals surface area (Å²) >= 11 is 0. The van der Waals surface area contributed by atoms with Crippen molar-refractivity contribution in [2.45, 2.75) is 52.2 Å². The van der Waals surface area contributed by atoms with Crippen LogP contribution in [0.1, 0.15) is 41.0 Å². The van der Waals surface area contributed by atoms with Crippen molar-refractivity contribution in [1.82, 2.24) is 0 Å². The van der Waals surface area contributed by atoms with Crippen molar-refractivity contribution in [3.63, 3.8) is 0 Å². The first-order valence-electron chi connectivity index (χ1n) is 6.02. The molecule has 0 spiro atoms. The third kappa shape index (κ3) is 2.01. The third-order valence-electron chi connectivity index (χ3n) is 3.78. The highest BCUT2D eigenvalue weighted by Crippen LogP contribution is 2.39. The molecule has 90 valence electrons. The Hall–Kier alpha value is -0.475. The van der Waals surface area contributed by atoms with Gasteiger partial charge in [0.2, 0.25) is 0 Å². The summed E-state index contributed by atoms with van der Waals surface area (Å²) < 4.78 is 17.5. The first-order chi connectivity index (χ1) is 7.32. The van der Waals surface area contributed by atoms with E-state index in [1.807, 2.05) is 0 Å². The fourth-order valence-corrected chi connectivity index (χ4v) is 1.88. The van der Waals surface area contributed by atoms with E-state index in [-0.39, 0.29) is 18.3 Å². The third-order valence-corrected chi connectivity index (χ3v) is 3.78. The second-order valence-electron chi connectivity index (χ2n) is 5.77. The molecule has 2 heterocycles. The quantitative estimate of drug-likeness (QED) is 0.640. The lowest BCUT2D eigenvalue weighted by atomic mass is 9.83. The average Bonchev–Trinajstić information content (AvgIpc) is 2.36. The molecule has 2 rings (SSSR count). The van der Waals surface area contributed by atoms with Gasteiger partial charge in [0.25, 0.3) is 0 Å². The molecule has 16 heavy (non-hydrogen) atoms. The highest BCUT2D eigenvalue weighted by molar-refractivity contribution is 6.53. The van der Waals surface area contributed by atoms with E-state index < -0.39 is 0 Å². The van der Waals surface area contributed by atoms with Gasteiger partial charge in [0.1, 0.15) is 5.66 Å². The normalized spacial score (nSPS) is 32.2. The Morgan fingerprint density at radius 2 is 1.75 bits per heavy atom. The Kier molecular flexibility index (Phi) is 2.83. The smallest absolute Gasteiger partial charge is 0.502 e. The van der Waals surface area contributed by atoms with E-state index in [1.165, 1.54) is 0 Å². The Morgan fingerprint density at radius 3 is 2.25 bits per heavy atom. The van der Waals surface area contributed by atoms with Crippen LogP contribution in [0, 0.1) is 5.92 Å². The lowest BCUT2D eigenvalue weighted by Gasteiger charge is -2.32. The van der Waals surface area contributed by atoms with Gasteiger partial charge in [0.05, 0.1) is 17.8 Å². The molecule has 2 aliphatic rings. The highest BCUT2D eigenvalue weighted by atomic mass is 16.7. The molecule has 1 unspecified atom stereocenters. The fraction of sp³-hybridized carbons (Fsp3) is 0.833. The van der Waals surface area contributed by atoms with E-state index >= 15 is 0 Å². The van der Waals surface area contributed by atoms with Crippen molar-refractivity contribution >= 4 is 7.12 Å². The summed E-state index contributed by atoms with van der Waals surface area (Å²) in [4.78, 5) is 0. The molecule has 0 saturated carbocycles. The maximum Gasteiger partial charge on any atom is 0.531 e. The molecule has 0 amide bonds. The van der Waals surface area contributed by atoms with Crippen LogP contribution < -0.4 is 0 Å². The van der Waals surface area contributed by atoms with Gasteiger partial charge in [0, 0.05) is 0 Å². The molecule has 0 N–H and O–H groups in total. The average molecular weight is 224 g/mol. The Balaban J connectivity index is 2.14. The number of ether oxygens (including phenoxy) is 1. The largest absolute Gasteiger partial charge is 0.531 e. The lowest BCUT2D eigenvalue weighted by molar-refractivity contribution is 0.00578. The number of allylic oxidation sites excluding steroid dienone is 1. The molecule has 4 heteroatoms. The summed E-state index contributed by atoms with van der Waals surface area (Å²) in [5, 5.41) is 0. The second kappa shape index (κ2) is 3.78. The maximum absolute atomic E-state index is 5.94. The van der Waals surface area contributed by atoms with Gasteiger partial charge in [-0.05, 0) is 46.1 Å². The summed E-state index contributed by atoms with van der Waals surface area (Å²) in [6.45, 7) is 11.2. The Bertz CT molecular complexity index is 293. The van der Waals surface area contributed by atoms with Gasteiger partial charge in [-0.2, -0.15) is 0 Å². The van der Waals surface area contributed by atoms with E-state index in [0.717, 1.165) is 18.7 Å². The molecule has 0 aromatic carbocycles. The Morgan fingerprint density at radius 1 is 1.19 bits per heavy atom. The van der Waals surface area contributed by atoms with Crippen molar-refractivity contribution in [2.75, 3.05) is 6.61 Å². The standard InChI is InChI=1S/C12H21BO3/c1-9-6-7-14-10(8-9)13-15-11(2,3)12(4,5)16-13/h8-9H,6-7H2,1-5H3. The van der Waals surface area contributed by atoms with Crippen LogP contribution in [0.3, 0.4) is 0 Å². The van der Waals surface area contributed by atoms with E-state index in [0.29, 0.717) is 5.92 Å². The molecule has 0 aromatic rings. The van der Waals surface area contributed by atoms with Crippen LogP contribution in [0.15, 0.2) is 11.7 Å². The molecule has 1 saturated heterocycles. The molecule has 3 nitrogen and oxygen atoms in total. The molecule has 0 aromatic heterocycles. The first-order valence-corrected chi connectivity index (χ1v) is 6.02. The molecule has 0 radical (unpaired) electrons. The van der Waals surface area contributed by atoms with Crippen molar-refractivity contribution in [2.24, 2.45) is 5.92 Å². The summed E-state index contributed by atoms with van der Waals surface area (Å²) in [6.07, 6.45) is 3.19. The minimum atomic E-state index is -0.340. The topological polar surface area (TPSA) is 27.7 Å². The predicted octanol–water partition coefficient (Wildman–Crippen LogP) is 2.56. The molecule has 2 aliphatic heterocycles. The Labute approximate surface area is 98.3 Å². The molecule has 0 bridgehead atoms. The second-order valence-corrected chi connectivity index (χ2v) is 5.77. The summed E-state index contributed by atoms with van der Waals surface area (Å²) in [5.74, 6) is 0.544. The van der Waals surface area contributed by atoms with E-state index in [4.69, 9.17) is 14.0 Å². The van der Waals surface area contributed by atoms with Crippen LogP contribution in [0.5, 0.6) is 0 Å². The molecule has 1 fully saturated rings. The monoisotopic (exact) mass is 224 g/mol. The van der Waals surface area contributed by atoms with Gasteiger partial charge in [0.15, 0.2) is 0 Å². The predicted molar refractivity (Wildman–Crippen MR) is 63.9 cm³/mol. The highest BCUT2D eigenvalue weighted by Gasteiger charge is 2.53. The van der Waals surface area contributed by atoms with Crippen molar-refractivity contribution in [3.05, 3.63) is 11.7 Å². The minimum absolute atomic E-state index is 0.289. The molecular formula is C12H21BO3.